The van der Waals surface area contributed by atoms with Gasteiger partial charge in [0.05, 0.1) is 11.4 Å². The largest absolute Gasteiger partial charge is 0.444 e. The number of nitrogens with one attached hydrogen (secondary N) is 1. The zero-order valence-corrected chi connectivity index (χ0v) is 11.9. The van der Waals surface area contributed by atoms with Crippen LogP contribution in [0.3, 0.4) is 0 Å². The lowest BCUT2D eigenvalue weighted by molar-refractivity contribution is -0.118. The molecule has 0 aliphatic heterocycles. The van der Waals surface area contributed by atoms with E-state index in [-0.39, 0.29) is 11.1 Å². The molecule has 0 fully saturated rings. The van der Waals surface area contributed by atoms with Crippen LogP contribution in [0, 0.1) is 0 Å². The molecule has 0 radical (unpaired) electrons. The molecule has 0 saturated carbocycles. The Hall–Kier alpha value is -0.580. The predicted octanol–water partition coefficient (Wildman–Crippen LogP) is 2.64. The summed E-state index contributed by atoms with van der Waals surface area (Å²) in [4.78, 5) is 22.9. The normalized spacial score (nSPS) is 13.1. The molecule has 0 aliphatic carbocycles. The van der Waals surface area contributed by atoms with Gasteiger partial charge in [0.1, 0.15) is 5.60 Å². The molecule has 0 aromatic carbocycles. The van der Waals surface area contributed by atoms with Gasteiger partial charge in [0.15, 0.2) is 5.78 Å². The van der Waals surface area contributed by atoms with Crippen LogP contribution >= 0.6 is 15.9 Å². The summed E-state index contributed by atoms with van der Waals surface area (Å²) >= 11 is 3.10. The monoisotopic (exact) mass is 293 g/mol. The summed E-state index contributed by atoms with van der Waals surface area (Å²) in [5, 5.41) is 2.83. The van der Waals surface area contributed by atoms with Gasteiger partial charge in [-0.3, -0.25) is 4.79 Å². The SMILES string of the molecule is CCC[C@H](NC(=O)OC(C)(C)C)C(=O)CBr. The second-order valence-corrected chi connectivity index (χ2v) is 5.15. The fraction of sp³-hybridized carbons (Fsp3) is 0.818. The Bertz CT molecular complexity index is 248. The van der Waals surface area contributed by atoms with Gasteiger partial charge < -0.3 is 10.1 Å². The minimum absolute atomic E-state index is 0.0345. The fourth-order valence-electron chi connectivity index (χ4n) is 1.15. The molecular weight excluding hydrogens is 274 g/mol. The first kappa shape index (κ1) is 15.4. The first-order valence-electron chi connectivity index (χ1n) is 5.38. The Kier molecular flexibility index (Phi) is 6.64. The van der Waals surface area contributed by atoms with Crippen molar-refractivity contribution in [3.05, 3.63) is 0 Å². The molecule has 4 nitrogen and oxygen atoms in total. The van der Waals surface area contributed by atoms with Crippen molar-refractivity contribution in [2.75, 3.05) is 5.33 Å². The van der Waals surface area contributed by atoms with Crippen molar-refractivity contribution in [1.82, 2.24) is 5.32 Å². The van der Waals surface area contributed by atoms with Crippen LogP contribution in [0.15, 0.2) is 0 Å². The van der Waals surface area contributed by atoms with Crippen LogP contribution < -0.4 is 5.32 Å². The van der Waals surface area contributed by atoms with Gasteiger partial charge in [0, 0.05) is 0 Å². The van der Waals surface area contributed by atoms with Crippen LogP contribution in [0.5, 0.6) is 0 Å². The molecule has 0 aromatic rings. The quantitative estimate of drug-likeness (QED) is 0.793. The maximum atomic E-state index is 11.5. The maximum Gasteiger partial charge on any atom is 0.408 e. The number of alkyl halides is 1. The molecule has 1 N–H and O–H groups in total. The van der Waals surface area contributed by atoms with Gasteiger partial charge in [-0.05, 0) is 27.2 Å². The number of carbonyl (C=O) groups is 2. The third kappa shape index (κ3) is 6.82. The minimum atomic E-state index is -0.543. The van der Waals surface area contributed by atoms with Crippen LogP contribution in [0.25, 0.3) is 0 Å². The van der Waals surface area contributed by atoms with Gasteiger partial charge in [-0.2, -0.15) is 0 Å². The standard InChI is InChI=1S/C11H20BrNO3/c1-5-6-8(9(14)7-12)13-10(15)16-11(2,3)4/h8H,5-7H2,1-4H3,(H,13,15)/t8-/m0/s1. The summed E-state index contributed by atoms with van der Waals surface area (Å²) in [5.41, 5.74) is -0.543. The molecule has 1 atom stereocenters. The van der Waals surface area contributed by atoms with Crippen molar-refractivity contribution in [3.8, 4) is 0 Å². The van der Waals surface area contributed by atoms with Gasteiger partial charge >= 0.3 is 6.09 Å². The average molecular weight is 294 g/mol. The van der Waals surface area contributed by atoms with E-state index in [4.69, 9.17) is 4.74 Å². The molecule has 0 spiro atoms. The molecule has 0 heterocycles. The average Bonchev–Trinajstić information content (AvgIpc) is 2.13. The first-order valence-corrected chi connectivity index (χ1v) is 6.50. The summed E-state index contributed by atoms with van der Waals surface area (Å²) in [5.74, 6) is -0.0345. The van der Waals surface area contributed by atoms with Gasteiger partial charge in [-0.25, -0.2) is 4.79 Å². The van der Waals surface area contributed by atoms with Crippen LogP contribution in [-0.2, 0) is 9.53 Å². The zero-order valence-electron chi connectivity index (χ0n) is 10.3. The number of ketones is 1. The third-order valence-electron chi connectivity index (χ3n) is 1.79. The molecule has 0 aliphatic rings. The summed E-state index contributed by atoms with van der Waals surface area (Å²) in [6.07, 6.45) is 0.920. The lowest BCUT2D eigenvalue weighted by atomic mass is 10.1. The summed E-state index contributed by atoms with van der Waals surface area (Å²) in [6, 6.07) is -0.459. The van der Waals surface area contributed by atoms with Gasteiger partial charge in [-0.1, -0.05) is 29.3 Å². The predicted molar refractivity (Wildman–Crippen MR) is 66.9 cm³/mol. The van der Waals surface area contributed by atoms with Gasteiger partial charge in [0.25, 0.3) is 0 Å². The number of Topliss-reactive ketones (excluding diaryl/α,β-unsaturated/α-hetero) is 1. The van der Waals surface area contributed by atoms with Crippen molar-refractivity contribution < 1.29 is 14.3 Å². The Balaban J connectivity index is 4.29. The molecule has 0 aromatic heterocycles. The molecule has 0 unspecified atom stereocenters. The number of carbonyl (C=O) groups excluding carboxylic acids is 2. The van der Waals surface area contributed by atoms with Gasteiger partial charge in [-0.15, -0.1) is 0 Å². The van der Waals surface area contributed by atoms with E-state index in [2.05, 4.69) is 21.2 Å². The number of rotatable bonds is 5. The Labute approximate surface area is 105 Å². The number of hydrogen-bond acceptors (Lipinski definition) is 3. The highest BCUT2D eigenvalue weighted by molar-refractivity contribution is 9.09. The second kappa shape index (κ2) is 6.89. The van der Waals surface area contributed by atoms with Crippen molar-refractivity contribution in [2.24, 2.45) is 0 Å². The van der Waals surface area contributed by atoms with Crippen LogP contribution in [0.1, 0.15) is 40.5 Å². The maximum absolute atomic E-state index is 11.5. The van der Waals surface area contributed by atoms with E-state index in [0.717, 1.165) is 6.42 Å². The van der Waals surface area contributed by atoms with E-state index in [1.54, 1.807) is 20.8 Å². The van der Waals surface area contributed by atoms with E-state index in [1.807, 2.05) is 6.92 Å². The van der Waals surface area contributed by atoms with Crippen molar-refractivity contribution in [2.45, 2.75) is 52.2 Å². The van der Waals surface area contributed by atoms with Crippen LogP contribution in [0.2, 0.25) is 0 Å². The summed E-state index contributed by atoms with van der Waals surface area (Å²) in [6.45, 7) is 7.32. The highest BCUT2D eigenvalue weighted by Crippen LogP contribution is 2.08. The number of alkyl carbamates (subject to hydrolysis) is 1. The number of amides is 1. The minimum Gasteiger partial charge on any atom is -0.444 e. The van der Waals surface area contributed by atoms with E-state index in [0.29, 0.717) is 6.42 Å². The van der Waals surface area contributed by atoms with E-state index >= 15 is 0 Å². The molecule has 0 saturated heterocycles. The topological polar surface area (TPSA) is 55.4 Å². The van der Waals surface area contributed by atoms with Gasteiger partial charge in [0.2, 0.25) is 0 Å². The summed E-state index contributed by atoms with van der Waals surface area (Å²) in [7, 11) is 0. The highest BCUT2D eigenvalue weighted by Gasteiger charge is 2.22. The lowest BCUT2D eigenvalue weighted by Gasteiger charge is -2.22. The fourth-order valence-corrected chi connectivity index (χ4v) is 1.54. The molecule has 0 rings (SSSR count). The Morgan fingerprint density at radius 3 is 2.31 bits per heavy atom. The molecule has 16 heavy (non-hydrogen) atoms. The smallest absolute Gasteiger partial charge is 0.408 e. The molecule has 5 heteroatoms. The number of hydrogen-bond donors (Lipinski definition) is 1. The van der Waals surface area contributed by atoms with E-state index in [9.17, 15) is 9.59 Å². The number of halogens is 1. The third-order valence-corrected chi connectivity index (χ3v) is 2.34. The van der Waals surface area contributed by atoms with Crippen LogP contribution in [-0.4, -0.2) is 28.8 Å². The zero-order chi connectivity index (χ0) is 12.8. The molecule has 94 valence electrons. The lowest BCUT2D eigenvalue weighted by Crippen LogP contribution is -2.43. The van der Waals surface area contributed by atoms with Crippen LogP contribution in [0.4, 0.5) is 4.79 Å². The second-order valence-electron chi connectivity index (χ2n) is 4.59. The number of ether oxygens (including phenoxy) is 1. The Morgan fingerprint density at radius 2 is 1.94 bits per heavy atom. The Morgan fingerprint density at radius 1 is 1.38 bits per heavy atom. The van der Waals surface area contributed by atoms with Crippen molar-refractivity contribution in [1.29, 1.82) is 0 Å². The molecular formula is C11H20BrNO3. The van der Waals surface area contributed by atoms with E-state index in [1.165, 1.54) is 0 Å². The van der Waals surface area contributed by atoms with Crippen molar-refractivity contribution >= 4 is 27.8 Å². The first-order chi connectivity index (χ1) is 7.30. The van der Waals surface area contributed by atoms with Crippen molar-refractivity contribution in [3.63, 3.8) is 0 Å². The van der Waals surface area contributed by atoms with E-state index < -0.39 is 17.7 Å². The summed E-state index contributed by atoms with van der Waals surface area (Å²) < 4.78 is 5.09. The molecule has 0 bridgehead atoms. The molecule has 1 amide bonds. The highest BCUT2D eigenvalue weighted by atomic mass is 79.9.